The van der Waals surface area contributed by atoms with E-state index in [1.54, 1.807) is 23.7 Å². The van der Waals surface area contributed by atoms with E-state index in [0.717, 1.165) is 48.5 Å². The topological polar surface area (TPSA) is 67.4 Å². The zero-order valence-electron chi connectivity index (χ0n) is 17.6. The van der Waals surface area contributed by atoms with Gasteiger partial charge in [0.05, 0.1) is 36.0 Å². The minimum Gasteiger partial charge on any atom is -0.379 e. The van der Waals surface area contributed by atoms with Crippen LogP contribution < -0.4 is 5.32 Å². The van der Waals surface area contributed by atoms with Crippen LogP contribution in [0.5, 0.6) is 0 Å². The Hall–Kier alpha value is -3.13. The molecule has 4 aromatic rings. The molecule has 0 spiro atoms. The molecule has 0 radical (unpaired) electrons. The number of para-hydroxylation sites is 1. The largest absolute Gasteiger partial charge is 0.379 e. The molecule has 1 unspecified atom stereocenters. The fraction of sp³-hybridized carbons (Fsp3) is 0.240. The SMILES string of the molecule is O=C(NCC(c1cccs1)N1CCOCC1)c1cc(-c2ccncc2)nc2ccccc12. The first-order valence-electron chi connectivity index (χ1n) is 10.7. The van der Waals surface area contributed by atoms with Crippen molar-refractivity contribution in [3.63, 3.8) is 0 Å². The summed E-state index contributed by atoms with van der Waals surface area (Å²) in [6.45, 7) is 3.71. The number of benzene rings is 1. The van der Waals surface area contributed by atoms with Crippen molar-refractivity contribution in [3.05, 3.63) is 82.8 Å². The van der Waals surface area contributed by atoms with Crippen LogP contribution in [-0.4, -0.2) is 53.6 Å². The number of hydrogen-bond acceptors (Lipinski definition) is 6. The van der Waals surface area contributed by atoms with Crippen LogP contribution in [0, 0.1) is 0 Å². The Bertz CT molecular complexity index is 1190. The molecule has 3 aromatic heterocycles. The number of hydrogen-bond donors (Lipinski definition) is 1. The zero-order valence-corrected chi connectivity index (χ0v) is 18.4. The lowest BCUT2D eigenvalue weighted by molar-refractivity contribution is 0.0169. The quantitative estimate of drug-likeness (QED) is 0.484. The first-order valence-corrected chi connectivity index (χ1v) is 11.6. The number of ether oxygens (including phenoxy) is 1. The molecule has 1 saturated heterocycles. The zero-order chi connectivity index (χ0) is 21.8. The van der Waals surface area contributed by atoms with E-state index in [-0.39, 0.29) is 11.9 Å². The third kappa shape index (κ3) is 4.41. The second kappa shape index (κ2) is 9.56. The molecule has 1 aliphatic heterocycles. The lowest BCUT2D eigenvalue weighted by Crippen LogP contribution is -2.43. The van der Waals surface area contributed by atoms with Gasteiger partial charge in [-0.25, -0.2) is 4.98 Å². The molecule has 5 rings (SSSR count). The highest BCUT2D eigenvalue weighted by molar-refractivity contribution is 7.10. The van der Waals surface area contributed by atoms with Crippen molar-refractivity contribution in [1.29, 1.82) is 0 Å². The van der Waals surface area contributed by atoms with E-state index in [4.69, 9.17) is 9.72 Å². The number of rotatable bonds is 6. The molecule has 4 heterocycles. The summed E-state index contributed by atoms with van der Waals surface area (Å²) in [5, 5.41) is 6.13. The first-order chi connectivity index (χ1) is 15.8. The third-order valence-corrected chi connectivity index (χ3v) is 6.72. The van der Waals surface area contributed by atoms with Gasteiger partial charge in [0.2, 0.25) is 0 Å². The first kappa shape index (κ1) is 20.8. The number of morpholine rings is 1. The summed E-state index contributed by atoms with van der Waals surface area (Å²) in [7, 11) is 0. The summed E-state index contributed by atoms with van der Waals surface area (Å²) in [5.41, 5.74) is 3.13. The summed E-state index contributed by atoms with van der Waals surface area (Å²) >= 11 is 1.72. The van der Waals surface area contributed by atoms with E-state index in [9.17, 15) is 4.79 Å². The van der Waals surface area contributed by atoms with Gasteiger partial charge in [0, 0.05) is 47.9 Å². The number of nitrogens with zero attached hydrogens (tertiary/aromatic N) is 3. The second-order valence-electron chi connectivity index (χ2n) is 7.70. The van der Waals surface area contributed by atoms with Gasteiger partial charge in [-0.2, -0.15) is 0 Å². The van der Waals surface area contributed by atoms with Crippen molar-refractivity contribution in [3.8, 4) is 11.3 Å². The number of pyridine rings is 2. The molecule has 1 aromatic carbocycles. The average molecular weight is 445 g/mol. The predicted molar refractivity (Wildman–Crippen MR) is 127 cm³/mol. The molecule has 32 heavy (non-hydrogen) atoms. The Morgan fingerprint density at radius 2 is 1.91 bits per heavy atom. The Kier molecular flexibility index (Phi) is 6.20. The van der Waals surface area contributed by atoms with Gasteiger partial charge in [-0.05, 0) is 35.7 Å². The number of aromatic nitrogens is 2. The van der Waals surface area contributed by atoms with E-state index in [1.807, 2.05) is 42.5 Å². The molecular formula is C25H24N4O2S. The van der Waals surface area contributed by atoms with Crippen LogP contribution in [0.4, 0.5) is 0 Å². The molecule has 1 fully saturated rings. The van der Waals surface area contributed by atoms with Crippen molar-refractivity contribution in [1.82, 2.24) is 20.2 Å². The van der Waals surface area contributed by atoms with Gasteiger partial charge in [-0.15, -0.1) is 11.3 Å². The van der Waals surface area contributed by atoms with Crippen LogP contribution in [0.1, 0.15) is 21.3 Å². The molecule has 1 atom stereocenters. The third-order valence-electron chi connectivity index (χ3n) is 5.75. The molecule has 1 N–H and O–H groups in total. The van der Waals surface area contributed by atoms with Crippen molar-refractivity contribution in [2.24, 2.45) is 0 Å². The van der Waals surface area contributed by atoms with Gasteiger partial charge in [-0.3, -0.25) is 14.7 Å². The Balaban J connectivity index is 1.44. The van der Waals surface area contributed by atoms with E-state index < -0.39 is 0 Å². The molecule has 6 nitrogen and oxygen atoms in total. The molecule has 1 amide bonds. The van der Waals surface area contributed by atoms with Crippen LogP contribution in [0.15, 0.2) is 72.4 Å². The van der Waals surface area contributed by atoms with Gasteiger partial charge in [-0.1, -0.05) is 24.3 Å². The summed E-state index contributed by atoms with van der Waals surface area (Å²) in [4.78, 5) is 25.9. The fourth-order valence-electron chi connectivity index (χ4n) is 4.10. The van der Waals surface area contributed by atoms with Crippen molar-refractivity contribution >= 4 is 28.1 Å². The normalized spacial score (nSPS) is 15.5. The van der Waals surface area contributed by atoms with Gasteiger partial charge in [0.25, 0.3) is 5.91 Å². The Morgan fingerprint density at radius 3 is 2.69 bits per heavy atom. The van der Waals surface area contributed by atoms with E-state index in [2.05, 4.69) is 32.7 Å². The number of carbonyl (C=O) groups excluding carboxylic acids is 1. The summed E-state index contributed by atoms with van der Waals surface area (Å²) in [6, 6.07) is 17.8. The van der Waals surface area contributed by atoms with Crippen LogP contribution in [0.2, 0.25) is 0 Å². The monoisotopic (exact) mass is 444 g/mol. The van der Waals surface area contributed by atoms with Crippen molar-refractivity contribution in [2.45, 2.75) is 6.04 Å². The number of amides is 1. The number of thiophene rings is 1. The molecule has 0 aliphatic carbocycles. The van der Waals surface area contributed by atoms with Gasteiger partial charge in [0.1, 0.15) is 0 Å². The van der Waals surface area contributed by atoms with Gasteiger partial charge < -0.3 is 10.1 Å². The number of carbonyl (C=O) groups is 1. The van der Waals surface area contributed by atoms with Crippen LogP contribution >= 0.6 is 11.3 Å². The minimum atomic E-state index is -0.0891. The van der Waals surface area contributed by atoms with Gasteiger partial charge >= 0.3 is 0 Å². The predicted octanol–water partition coefficient (Wildman–Crippen LogP) is 4.16. The molecular weight excluding hydrogens is 420 g/mol. The molecule has 162 valence electrons. The maximum atomic E-state index is 13.4. The standard InChI is InChI=1S/C25H24N4O2S/c30-25(27-17-23(24-6-3-15-32-24)29-11-13-31-14-12-29)20-16-22(18-7-9-26-10-8-18)28-21-5-2-1-4-19(20)21/h1-10,15-16,23H,11-14,17H2,(H,27,30). The maximum Gasteiger partial charge on any atom is 0.252 e. The molecule has 7 heteroatoms. The summed E-state index contributed by atoms with van der Waals surface area (Å²) < 4.78 is 5.53. The average Bonchev–Trinajstić information content (AvgIpc) is 3.39. The molecule has 0 bridgehead atoms. The Morgan fingerprint density at radius 1 is 1.09 bits per heavy atom. The summed E-state index contributed by atoms with van der Waals surface area (Å²) in [6.07, 6.45) is 3.47. The lowest BCUT2D eigenvalue weighted by Gasteiger charge is -2.34. The van der Waals surface area contributed by atoms with E-state index in [1.165, 1.54) is 4.88 Å². The number of nitrogens with one attached hydrogen (secondary N) is 1. The highest BCUT2D eigenvalue weighted by Crippen LogP contribution is 2.27. The van der Waals surface area contributed by atoms with Crippen LogP contribution in [-0.2, 0) is 4.74 Å². The Labute approximate surface area is 190 Å². The van der Waals surface area contributed by atoms with Gasteiger partial charge in [0.15, 0.2) is 0 Å². The van der Waals surface area contributed by atoms with Crippen molar-refractivity contribution in [2.75, 3.05) is 32.8 Å². The second-order valence-corrected chi connectivity index (χ2v) is 8.68. The lowest BCUT2D eigenvalue weighted by atomic mass is 10.0. The smallest absolute Gasteiger partial charge is 0.252 e. The highest BCUT2D eigenvalue weighted by Gasteiger charge is 2.24. The highest BCUT2D eigenvalue weighted by atomic mass is 32.1. The van der Waals surface area contributed by atoms with Crippen LogP contribution in [0.25, 0.3) is 22.2 Å². The molecule has 0 saturated carbocycles. The van der Waals surface area contributed by atoms with Crippen molar-refractivity contribution < 1.29 is 9.53 Å². The van der Waals surface area contributed by atoms with E-state index >= 15 is 0 Å². The van der Waals surface area contributed by atoms with Crippen LogP contribution in [0.3, 0.4) is 0 Å². The molecule has 1 aliphatic rings. The maximum absolute atomic E-state index is 13.4. The minimum absolute atomic E-state index is 0.0891. The summed E-state index contributed by atoms with van der Waals surface area (Å²) in [5.74, 6) is -0.0891. The van der Waals surface area contributed by atoms with E-state index in [0.29, 0.717) is 12.1 Å². The fourth-order valence-corrected chi connectivity index (χ4v) is 4.96. The number of fused-ring (bicyclic) bond motifs is 1.